The summed E-state index contributed by atoms with van der Waals surface area (Å²) in [5.41, 5.74) is 0. The van der Waals surface area contributed by atoms with Crippen molar-refractivity contribution in [3.8, 4) is 6.07 Å². The second-order valence-corrected chi connectivity index (χ2v) is 4.93. The lowest BCUT2D eigenvalue weighted by atomic mass is 9.51. The maximum Gasteiger partial charge on any atom is 0.140 e. The van der Waals surface area contributed by atoms with Crippen LogP contribution in [0.3, 0.4) is 0 Å². The first-order valence-electron chi connectivity index (χ1n) is 5.23. The molecule has 0 amide bonds. The fourth-order valence-corrected chi connectivity index (χ4v) is 3.83. The molecule has 4 fully saturated rings. The average molecular weight is 175 g/mol. The molecule has 0 aromatic rings. The normalized spacial score (nSPS) is 52.2. The number of hydrogen-bond donors (Lipinski definition) is 0. The van der Waals surface area contributed by atoms with Crippen LogP contribution < -0.4 is 0 Å². The zero-order valence-corrected chi connectivity index (χ0v) is 7.57. The number of carbonyl (C=O) groups excluding carboxylic acids is 1. The molecule has 0 heterocycles. The van der Waals surface area contributed by atoms with Crippen LogP contribution in [0.1, 0.15) is 25.7 Å². The van der Waals surface area contributed by atoms with E-state index in [1.807, 2.05) is 0 Å². The molecule has 4 aliphatic rings. The number of ketones is 1. The van der Waals surface area contributed by atoms with Gasteiger partial charge in [-0.15, -0.1) is 0 Å². The molecule has 0 saturated heterocycles. The molecule has 4 rings (SSSR count). The Hall–Kier alpha value is -0.840. The highest BCUT2D eigenvalue weighted by Gasteiger charge is 2.53. The maximum atomic E-state index is 11.8. The highest BCUT2D eigenvalue weighted by atomic mass is 16.1. The second-order valence-electron chi connectivity index (χ2n) is 4.93. The standard InChI is InChI=1S/C11H13NO/c12-5-10-7-1-6-2-8(4-7)11(13)9(10)3-6/h6-10H,1-4H2/t6?,7?,8?,9?,10-/m0/s1. The minimum atomic E-state index is 0.0697. The van der Waals surface area contributed by atoms with E-state index in [0.717, 1.165) is 25.2 Å². The van der Waals surface area contributed by atoms with Gasteiger partial charge in [0.1, 0.15) is 5.78 Å². The molecular weight excluding hydrogens is 162 g/mol. The Morgan fingerprint density at radius 1 is 1.23 bits per heavy atom. The number of carbonyl (C=O) groups is 1. The zero-order valence-electron chi connectivity index (χ0n) is 7.57. The van der Waals surface area contributed by atoms with Gasteiger partial charge < -0.3 is 0 Å². The second kappa shape index (κ2) is 2.35. The van der Waals surface area contributed by atoms with Crippen molar-refractivity contribution in [1.82, 2.24) is 0 Å². The van der Waals surface area contributed by atoms with Gasteiger partial charge in [0.2, 0.25) is 0 Å². The predicted octanol–water partition coefficient (Wildman–Crippen LogP) is 1.76. The molecule has 4 saturated carbocycles. The van der Waals surface area contributed by atoms with Crippen molar-refractivity contribution in [2.75, 3.05) is 0 Å². The van der Waals surface area contributed by atoms with E-state index in [-0.39, 0.29) is 11.8 Å². The van der Waals surface area contributed by atoms with Crippen molar-refractivity contribution >= 4 is 5.78 Å². The minimum absolute atomic E-state index is 0.0697. The highest BCUT2D eigenvalue weighted by molar-refractivity contribution is 5.86. The van der Waals surface area contributed by atoms with E-state index in [9.17, 15) is 4.79 Å². The van der Waals surface area contributed by atoms with Crippen LogP contribution in [0.25, 0.3) is 0 Å². The van der Waals surface area contributed by atoms with Gasteiger partial charge in [-0.2, -0.15) is 5.26 Å². The van der Waals surface area contributed by atoms with Gasteiger partial charge in [0.05, 0.1) is 12.0 Å². The van der Waals surface area contributed by atoms with Gasteiger partial charge in [-0.3, -0.25) is 4.79 Å². The molecule has 2 nitrogen and oxygen atoms in total. The van der Waals surface area contributed by atoms with Gasteiger partial charge in [0.15, 0.2) is 0 Å². The third-order valence-corrected chi connectivity index (χ3v) is 4.29. The van der Waals surface area contributed by atoms with Gasteiger partial charge in [-0.25, -0.2) is 0 Å². The van der Waals surface area contributed by atoms with Crippen LogP contribution in [0.2, 0.25) is 0 Å². The average Bonchev–Trinajstić information content (AvgIpc) is 2.13. The summed E-state index contributed by atoms with van der Waals surface area (Å²) in [4.78, 5) is 11.8. The molecular formula is C11H13NO. The van der Waals surface area contributed by atoms with Gasteiger partial charge in [-0.05, 0) is 37.5 Å². The molecule has 0 radical (unpaired) electrons. The molecule has 0 aromatic carbocycles. The van der Waals surface area contributed by atoms with Gasteiger partial charge >= 0.3 is 0 Å². The van der Waals surface area contributed by atoms with Crippen LogP contribution in [0.15, 0.2) is 0 Å². The summed E-state index contributed by atoms with van der Waals surface area (Å²) in [5.74, 6) is 2.29. The Labute approximate surface area is 77.9 Å². The van der Waals surface area contributed by atoms with Crippen molar-refractivity contribution in [2.24, 2.45) is 29.6 Å². The predicted molar refractivity (Wildman–Crippen MR) is 46.5 cm³/mol. The van der Waals surface area contributed by atoms with Gasteiger partial charge in [0, 0.05) is 11.8 Å². The summed E-state index contributed by atoms with van der Waals surface area (Å²) in [7, 11) is 0. The van der Waals surface area contributed by atoms with Crippen molar-refractivity contribution in [3.63, 3.8) is 0 Å². The number of Topliss-reactive ketones (excluding diaryl/α,β-unsaturated/α-hetero) is 1. The van der Waals surface area contributed by atoms with E-state index in [1.165, 1.54) is 6.42 Å². The number of nitriles is 1. The Morgan fingerprint density at radius 3 is 2.85 bits per heavy atom. The van der Waals surface area contributed by atoms with E-state index in [1.54, 1.807) is 0 Å². The summed E-state index contributed by atoms with van der Waals surface area (Å²) < 4.78 is 0. The van der Waals surface area contributed by atoms with Gasteiger partial charge in [-0.1, -0.05) is 0 Å². The number of hydrogen-bond acceptors (Lipinski definition) is 2. The van der Waals surface area contributed by atoms with E-state index >= 15 is 0 Å². The van der Waals surface area contributed by atoms with Crippen LogP contribution in [-0.2, 0) is 4.79 Å². The third-order valence-electron chi connectivity index (χ3n) is 4.29. The Kier molecular flexibility index (Phi) is 1.36. The number of rotatable bonds is 0. The SMILES string of the molecule is N#C[C@H]1C2CC3CC(C2)C(=O)C1C3. The van der Waals surface area contributed by atoms with Crippen molar-refractivity contribution in [1.29, 1.82) is 5.26 Å². The molecule has 0 N–H and O–H groups in total. The zero-order chi connectivity index (χ0) is 9.00. The van der Waals surface area contributed by atoms with Crippen LogP contribution in [0.5, 0.6) is 0 Å². The lowest BCUT2D eigenvalue weighted by molar-refractivity contribution is -0.143. The van der Waals surface area contributed by atoms with Crippen molar-refractivity contribution < 1.29 is 4.79 Å². The Bertz CT molecular complexity index is 304. The summed E-state index contributed by atoms with van der Waals surface area (Å²) in [5, 5.41) is 9.01. The van der Waals surface area contributed by atoms with Crippen LogP contribution in [0, 0.1) is 40.9 Å². The molecule has 2 heteroatoms. The molecule has 13 heavy (non-hydrogen) atoms. The molecule has 0 spiro atoms. The van der Waals surface area contributed by atoms with E-state index in [0.29, 0.717) is 17.6 Å². The first kappa shape index (κ1) is 7.55. The summed E-state index contributed by atoms with van der Waals surface area (Å²) >= 11 is 0. The van der Waals surface area contributed by atoms with E-state index in [4.69, 9.17) is 5.26 Å². The van der Waals surface area contributed by atoms with Crippen LogP contribution in [0.4, 0.5) is 0 Å². The summed E-state index contributed by atoms with van der Waals surface area (Å²) in [6, 6.07) is 2.36. The summed E-state index contributed by atoms with van der Waals surface area (Å²) in [6.45, 7) is 0. The van der Waals surface area contributed by atoms with Crippen molar-refractivity contribution in [2.45, 2.75) is 25.7 Å². The van der Waals surface area contributed by atoms with E-state index < -0.39 is 0 Å². The van der Waals surface area contributed by atoms with Crippen LogP contribution in [-0.4, -0.2) is 5.78 Å². The molecule has 4 aliphatic carbocycles. The molecule has 5 atom stereocenters. The lowest BCUT2D eigenvalue weighted by Gasteiger charge is -2.50. The lowest BCUT2D eigenvalue weighted by Crippen LogP contribution is -2.50. The quantitative estimate of drug-likeness (QED) is 0.563. The highest BCUT2D eigenvalue weighted by Crippen LogP contribution is 2.54. The fourth-order valence-electron chi connectivity index (χ4n) is 3.83. The van der Waals surface area contributed by atoms with E-state index in [2.05, 4.69) is 6.07 Å². The molecule has 68 valence electrons. The Balaban J connectivity index is 1.99. The third kappa shape index (κ3) is 0.852. The maximum absolute atomic E-state index is 11.8. The minimum Gasteiger partial charge on any atom is -0.299 e. The smallest absolute Gasteiger partial charge is 0.140 e. The molecule has 4 unspecified atom stereocenters. The first-order chi connectivity index (χ1) is 6.29. The van der Waals surface area contributed by atoms with Crippen molar-refractivity contribution in [3.05, 3.63) is 0 Å². The molecule has 0 aliphatic heterocycles. The molecule has 0 aromatic heterocycles. The topological polar surface area (TPSA) is 40.9 Å². The monoisotopic (exact) mass is 175 g/mol. The van der Waals surface area contributed by atoms with Crippen LogP contribution >= 0.6 is 0 Å². The van der Waals surface area contributed by atoms with Gasteiger partial charge in [0.25, 0.3) is 0 Å². The summed E-state index contributed by atoms with van der Waals surface area (Å²) in [6.07, 6.45) is 4.39. The Morgan fingerprint density at radius 2 is 2.08 bits per heavy atom. The number of nitrogens with zero attached hydrogens (tertiary/aromatic N) is 1. The fraction of sp³-hybridized carbons (Fsp3) is 0.818. The first-order valence-corrected chi connectivity index (χ1v) is 5.23. The largest absolute Gasteiger partial charge is 0.299 e. The molecule has 4 bridgehead atoms.